The van der Waals surface area contributed by atoms with Crippen LogP contribution in [0.15, 0.2) is 24.4 Å². The Kier molecular flexibility index (Phi) is 5.90. The van der Waals surface area contributed by atoms with Crippen LogP contribution in [0.3, 0.4) is 0 Å². The molecule has 0 aliphatic rings. The second-order valence-electron chi connectivity index (χ2n) is 5.66. The largest absolute Gasteiger partial charge is 0.399 e. The maximum absolute atomic E-state index is 5.85. The Morgan fingerprint density at radius 1 is 1.00 bits per heavy atom. The summed E-state index contributed by atoms with van der Waals surface area (Å²) >= 11 is 0. The second kappa shape index (κ2) is 7.93. The predicted molar refractivity (Wildman–Crippen MR) is 86.8 cm³/mol. The summed E-state index contributed by atoms with van der Waals surface area (Å²) in [5.74, 6) is 0. The zero-order valence-electron chi connectivity index (χ0n) is 12.6. The van der Waals surface area contributed by atoms with Gasteiger partial charge in [-0.05, 0) is 24.6 Å². The van der Waals surface area contributed by atoms with Gasteiger partial charge in [-0.3, -0.25) is 4.68 Å². The molecule has 0 atom stereocenters. The molecule has 0 amide bonds. The topological polar surface area (TPSA) is 43.8 Å². The number of nitrogens with two attached hydrogens (primary N) is 1. The first-order valence-corrected chi connectivity index (χ1v) is 8.02. The second-order valence-corrected chi connectivity index (χ2v) is 5.66. The van der Waals surface area contributed by atoms with Crippen molar-refractivity contribution in [2.75, 3.05) is 5.73 Å². The van der Waals surface area contributed by atoms with Crippen LogP contribution in [0.2, 0.25) is 0 Å². The summed E-state index contributed by atoms with van der Waals surface area (Å²) < 4.78 is 2.09. The Hall–Kier alpha value is -1.51. The molecule has 3 nitrogen and oxygen atoms in total. The quantitative estimate of drug-likeness (QED) is 0.529. The number of nitrogen functional groups attached to an aromatic ring is 1. The van der Waals surface area contributed by atoms with E-state index >= 15 is 0 Å². The number of unbranched alkanes of at least 4 members (excludes halogenated alkanes) is 7. The molecule has 0 aliphatic carbocycles. The summed E-state index contributed by atoms with van der Waals surface area (Å²) in [7, 11) is 0. The van der Waals surface area contributed by atoms with E-state index in [4.69, 9.17) is 5.73 Å². The maximum Gasteiger partial charge on any atom is 0.0702 e. The molecule has 110 valence electrons. The van der Waals surface area contributed by atoms with Crippen LogP contribution >= 0.6 is 0 Å². The maximum atomic E-state index is 5.85. The molecule has 0 spiro atoms. The first kappa shape index (κ1) is 14.9. The Morgan fingerprint density at radius 2 is 1.70 bits per heavy atom. The van der Waals surface area contributed by atoms with E-state index < -0.39 is 0 Å². The molecular weight excluding hydrogens is 246 g/mol. The highest BCUT2D eigenvalue weighted by Gasteiger charge is 2.02. The van der Waals surface area contributed by atoms with Gasteiger partial charge in [-0.1, -0.05) is 51.9 Å². The van der Waals surface area contributed by atoms with Crippen LogP contribution in [0.25, 0.3) is 10.9 Å². The van der Waals surface area contributed by atoms with Gasteiger partial charge < -0.3 is 5.73 Å². The van der Waals surface area contributed by atoms with E-state index in [-0.39, 0.29) is 0 Å². The van der Waals surface area contributed by atoms with Crippen LogP contribution in [0.1, 0.15) is 58.3 Å². The van der Waals surface area contributed by atoms with E-state index in [0.29, 0.717) is 0 Å². The molecule has 0 bridgehead atoms. The molecule has 1 aromatic heterocycles. The molecule has 3 heteroatoms. The number of benzene rings is 1. The Bertz CT molecular complexity index is 516. The predicted octanol–water partition coefficient (Wildman–Crippen LogP) is 4.76. The fourth-order valence-electron chi connectivity index (χ4n) is 2.66. The summed E-state index contributed by atoms with van der Waals surface area (Å²) in [5.41, 5.74) is 7.82. The highest BCUT2D eigenvalue weighted by Crippen LogP contribution is 2.18. The SMILES string of the molecule is CCCCCCCCCCn1ncc2ccc(N)cc21. The van der Waals surface area contributed by atoms with E-state index in [2.05, 4.69) is 16.7 Å². The van der Waals surface area contributed by atoms with E-state index in [1.54, 1.807) is 0 Å². The summed E-state index contributed by atoms with van der Waals surface area (Å²) in [6, 6.07) is 6.00. The minimum atomic E-state index is 0.815. The summed E-state index contributed by atoms with van der Waals surface area (Å²) in [4.78, 5) is 0. The third-order valence-electron chi connectivity index (χ3n) is 3.89. The zero-order chi connectivity index (χ0) is 14.2. The number of rotatable bonds is 9. The van der Waals surface area contributed by atoms with E-state index in [9.17, 15) is 0 Å². The van der Waals surface area contributed by atoms with Crippen molar-refractivity contribution in [2.45, 2.75) is 64.8 Å². The van der Waals surface area contributed by atoms with Gasteiger partial charge in [0.05, 0.1) is 11.7 Å². The minimum absolute atomic E-state index is 0.815. The molecule has 0 fully saturated rings. The number of fused-ring (bicyclic) bond motifs is 1. The highest BCUT2D eigenvalue weighted by atomic mass is 15.3. The van der Waals surface area contributed by atoms with Crippen LogP contribution in [0, 0.1) is 0 Å². The normalized spacial score (nSPS) is 11.2. The lowest BCUT2D eigenvalue weighted by Crippen LogP contribution is -2.00. The average Bonchev–Trinajstić information content (AvgIpc) is 2.84. The summed E-state index contributed by atoms with van der Waals surface area (Å²) in [6.07, 6.45) is 12.7. The van der Waals surface area contributed by atoms with Crippen LogP contribution in [0.5, 0.6) is 0 Å². The molecule has 1 aromatic carbocycles. The van der Waals surface area contributed by atoms with Gasteiger partial charge in [0.2, 0.25) is 0 Å². The van der Waals surface area contributed by atoms with Crippen molar-refractivity contribution in [3.8, 4) is 0 Å². The Balaban J connectivity index is 1.69. The van der Waals surface area contributed by atoms with Crippen molar-refractivity contribution < 1.29 is 0 Å². The van der Waals surface area contributed by atoms with Crippen molar-refractivity contribution in [3.63, 3.8) is 0 Å². The molecule has 20 heavy (non-hydrogen) atoms. The van der Waals surface area contributed by atoms with Crippen molar-refractivity contribution in [1.82, 2.24) is 9.78 Å². The van der Waals surface area contributed by atoms with Gasteiger partial charge >= 0.3 is 0 Å². The molecule has 2 rings (SSSR count). The average molecular weight is 273 g/mol. The van der Waals surface area contributed by atoms with Gasteiger partial charge in [0.15, 0.2) is 0 Å². The summed E-state index contributed by atoms with van der Waals surface area (Å²) in [6.45, 7) is 3.27. The molecule has 0 radical (unpaired) electrons. The highest BCUT2D eigenvalue weighted by molar-refractivity contribution is 5.81. The van der Waals surface area contributed by atoms with Crippen molar-refractivity contribution in [1.29, 1.82) is 0 Å². The third-order valence-corrected chi connectivity index (χ3v) is 3.89. The number of aryl methyl sites for hydroxylation is 1. The van der Waals surface area contributed by atoms with E-state index in [1.807, 2.05) is 24.4 Å². The van der Waals surface area contributed by atoms with Gasteiger partial charge in [0.1, 0.15) is 0 Å². The van der Waals surface area contributed by atoms with Crippen molar-refractivity contribution >= 4 is 16.6 Å². The first-order chi connectivity index (χ1) is 9.81. The molecular formula is C17H27N3. The van der Waals surface area contributed by atoms with Crippen molar-refractivity contribution in [2.24, 2.45) is 0 Å². The van der Waals surface area contributed by atoms with Gasteiger partial charge in [-0.2, -0.15) is 5.10 Å². The Labute approximate surface area is 122 Å². The molecule has 0 saturated carbocycles. The molecule has 2 N–H and O–H groups in total. The standard InChI is InChI=1S/C17H27N3/c1-2-3-4-5-6-7-8-9-12-20-17-13-16(18)11-10-15(17)14-19-20/h10-11,13-14H,2-9,12,18H2,1H3. The lowest BCUT2D eigenvalue weighted by atomic mass is 10.1. The molecule has 0 saturated heterocycles. The van der Waals surface area contributed by atoms with Gasteiger partial charge in [0.25, 0.3) is 0 Å². The molecule has 0 aliphatic heterocycles. The van der Waals surface area contributed by atoms with E-state index in [1.165, 1.54) is 56.8 Å². The number of hydrogen-bond acceptors (Lipinski definition) is 2. The number of nitrogens with zero attached hydrogens (tertiary/aromatic N) is 2. The smallest absolute Gasteiger partial charge is 0.0702 e. The lowest BCUT2D eigenvalue weighted by molar-refractivity contribution is 0.528. The third kappa shape index (κ3) is 4.26. The minimum Gasteiger partial charge on any atom is -0.399 e. The summed E-state index contributed by atoms with van der Waals surface area (Å²) in [5, 5.41) is 5.64. The molecule has 2 aromatic rings. The number of anilines is 1. The molecule has 1 heterocycles. The first-order valence-electron chi connectivity index (χ1n) is 8.02. The van der Waals surface area contributed by atoms with E-state index in [0.717, 1.165) is 17.7 Å². The number of hydrogen-bond donors (Lipinski definition) is 1. The fourth-order valence-corrected chi connectivity index (χ4v) is 2.66. The van der Waals surface area contributed by atoms with Crippen LogP contribution in [0.4, 0.5) is 5.69 Å². The van der Waals surface area contributed by atoms with Crippen LogP contribution < -0.4 is 5.73 Å². The van der Waals surface area contributed by atoms with Gasteiger partial charge in [-0.25, -0.2) is 0 Å². The zero-order valence-corrected chi connectivity index (χ0v) is 12.6. The monoisotopic (exact) mass is 273 g/mol. The Morgan fingerprint density at radius 3 is 2.45 bits per heavy atom. The van der Waals surface area contributed by atoms with Crippen molar-refractivity contribution in [3.05, 3.63) is 24.4 Å². The van der Waals surface area contributed by atoms with Gasteiger partial charge in [0, 0.05) is 17.6 Å². The lowest BCUT2D eigenvalue weighted by Gasteiger charge is -2.04. The fraction of sp³-hybridized carbons (Fsp3) is 0.588. The van der Waals surface area contributed by atoms with Gasteiger partial charge in [-0.15, -0.1) is 0 Å². The molecule has 0 unspecified atom stereocenters. The van der Waals surface area contributed by atoms with Crippen LogP contribution in [-0.2, 0) is 6.54 Å². The number of aromatic nitrogens is 2. The van der Waals surface area contributed by atoms with Crippen LogP contribution in [-0.4, -0.2) is 9.78 Å².